The molecule has 4 rings (SSSR count). The van der Waals surface area contributed by atoms with E-state index in [1.165, 1.54) is 24.5 Å². The maximum absolute atomic E-state index is 14.6. The highest BCUT2D eigenvalue weighted by Gasteiger charge is 2.14. The number of benzene rings is 2. The van der Waals surface area contributed by atoms with Gasteiger partial charge >= 0.3 is 11.4 Å². The van der Waals surface area contributed by atoms with Crippen molar-refractivity contribution in [2.24, 2.45) is 4.99 Å². The number of H-pyrrole nitrogens is 1. The average molecular weight is 504 g/mol. The molecule has 0 bridgehead atoms. The van der Waals surface area contributed by atoms with Crippen LogP contribution in [0.25, 0.3) is 0 Å². The van der Waals surface area contributed by atoms with Crippen molar-refractivity contribution >= 4 is 17.3 Å². The molecule has 3 N–H and O–H groups in total. The van der Waals surface area contributed by atoms with E-state index < -0.39 is 36.5 Å². The number of nitrogens with zero attached hydrogens (tertiary/aromatic N) is 4. The summed E-state index contributed by atoms with van der Waals surface area (Å²) in [5.74, 6) is -0.832. The van der Waals surface area contributed by atoms with Gasteiger partial charge in [0.25, 0.3) is 5.88 Å². The fourth-order valence-electron chi connectivity index (χ4n) is 3.12. The molecule has 0 spiro atoms. The van der Waals surface area contributed by atoms with Gasteiger partial charge in [-0.3, -0.25) is 9.55 Å². The van der Waals surface area contributed by atoms with Crippen molar-refractivity contribution in [3.05, 3.63) is 97.8 Å². The Labute approximate surface area is 200 Å². The summed E-state index contributed by atoms with van der Waals surface area (Å²) in [6.45, 7) is -1.10. The van der Waals surface area contributed by atoms with E-state index in [0.717, 1.165) is 15.2 Å². The van der Waals surface area contributed by atoms with Gasteiger partial charge in [-0.25, -0.2) is 23.5 Å². The van der Waals surface area contributed by atoms with Crippen LogP contribution >= 0.6 is 11.6 Å². The maximum atomic E-state index is 14.6. The van der Waals surface area contributed by atoms with Crippen molar-refractivity contribution < 1.29 is 23.9 Å². The first-order chi connectivity index (χ1) is 16.8. The number of nitrogens with one attached hydrogen (secondary N) is 1. The summed E-state index contributed by atoms with van der Waals surface area (Å²) in [5.41, 5.74) is -1.06. The van der Waals surface area contributed by atoms with Crippen molar-refractivity contribution in [3.8, 4) is 11.6 Å². The largest absolute Gasteiger partial charge is 0.433 e. The van der Waals surface area contributed by atoms with Crippen LogP contribution in [-0.4, -0.2) is 42.2 Å². The highest BCUT2D eigenvalue weighted by molar-refractivity contribution is 6.30. The van der Waals surface area contributed by atoms with Gasteiger partial charge in [0.05, 0.1) is 31.5 Å². The second kappa shape index (κ2) is 10.5. The predicted molar refractivity (Wildman–Crippen MR) is 121 cm³/mol. The quantitative estimate of drug-likeness (QED) is 0.330. The first-order valence-corrected chi connectivity index (χ1v) is 10.6. The minimum atomic E-state index is -1.33. The summed E-state index contributed by atoms with van der Waals surface area (Å²) in [6.07, 6.45) is -0.0546. The first kappa shape index (κ1) is 24.1. The van der Waals surface area contributed by atoms with Crippen LogP contribution in [0.4, 0.5) is 10.1 Å². The molecule has 4 aromatic rings. The van der Waals surface area contributed by atoms with Crippen LogP contribution in [0.1, 0.15) is 5.56 Å². The van der Waals surface area contributed by atoms with E-state index in [1.54, 1.807) is 24.3 Å². The molecular formula is C22H19ClFN5O6. The summed E-state index contributed by atoms with van der Waals surface area (Å²) >= 11 is 5.93. The molecule has 0 saturated carbocycles. The van der Waals surface area contributed by atoms with E-state index in [9.17, 15) is 19.1 Å². The Morgan fingerprint density at radius 1 is 1.17 bits per heavy atom. The maximum Gasteiger partial charge on any atom is 0.335 e. The lowest BCUT2D eigenvalue weighted by atomic mass is 10.2. The number of hydrogen-bond donors (Lipinski definition) is 3. The number of ether oxygens (including phenoxy) is 1. The molecule has 0 saturated heterocycles. The van der Waals surface area contributed by atoms with Gasteiger partial charge in [-0.2, -0.15) is 0 Å². The van der Waals surface area contributed by atoms with Gasteiger partial charge < -0.3 is 19.5 Å². The summed E-state index contributed by atoms with van der Waals surface area (Å²) in [4.78, 5) is 32.4. The van der Waals surface area contributed by atoms with Crippen molar-refractivity contribution in [1.29, 1.82) is 0 Å². The standard InChI is InChI=1S/C22H19ClFN5O6/c23-14-3-1-13(2-4-14)10-28-20(26-21(32)29(22(28)33)11-16(31)12-30)25-15-5-6-18(17(24)9-15)35-19-7-8-34-27-19/h1-9,16,30-31H,10-12H2,(H,25,26,32)/t16-/m0/s1. The highest BCUT2D eigenvalue weighted by atomic mass is 35.5. The minimum Gasteiger partial charge on any atom is -0.433 e. The van der Waals surface area contributed by atoms with Gasteiger partial charge in [0.1, 0.15) is 6.26 Å². The molecule has 0 aliphatic rings. The molecule has 0 aliphatic carbocycles. The molecule has 2 aromatic carbocycles. The van der Waals surface area contributed by atoms with E-state index in [0.29, 0.717) is 10.6 Å². The lowest BCUT2D eigenvalue weighted by molar-refractivity contribution is 0.0783. The zero-order valence-corrected chi connectivity index (χ0v) is 18.7. The molecule has 1 atom stereocenters. The van der Waals surface area contributed by atoms with Crippen LogP contribution in [0.3, 0.4) is 0 Å². The molecule has 0 amide bonds. The Balaban J connectivity index is 1.79. The summed E-state index contributed by atoms with van der Waals surface area (Å²) in [6, 6.07) is 11.8. The highest BCUT2D eigenvalue weighted by Crippen LogP contribution is 2.26. The molecule has 0 fully saturated rings. The molecule has 13 heteroatoms. The monoisotopic (exact) mass is 503 g/mol. The molecule has 0 radical (unpaired) electrons. The molecule has 2 heterocycles. The lowest BCUT2D eigenvalue weighted by Gasteiger charge is -2.13. The number of aromatic amines is 1. The van der Waals surface area contributed by atoms with Crippen LogP contribution in [0.2, 0.25) is 5.02 Å². The number of aromatic nitrogens is 4. The van der Waals surface area contributed by atoms with Crippen molar-refractivity contribution in [3.63, 3.8) is 0 Å². The molecule has 35 heavy (non-hydrogen) atoms. The van der Waals surface area contributed by atoms with Gasteiger partial charge in [-0.05, 0) is 35.0 Å². The molecule has 11 nitrogen and oxygen atoms in total. The Bertz CT molecular complexity index is 1490. The predicted octanol–water partition coefficient (Wildman–Crippen LogP) is 1.54. The zero-order valence-electron chi connectivity index (χ0n) is 18.0. The zero-order chi connectivity index (χ0) is 24.9. The van der Waals surface area contributed by atoms with Crippen molar-refractivity contribution in [2.45, 2.75) is 19.2 Å². The third-order valence-electron chi connectivity index (χ3n) is 4.82. The van der Waals surface area contributed by atoms with Crippen LogP contribution in [0.5, 0.6) is 11.6 Å². The Kier molecular flexibility index (Phi) is 7.25. The van der Waals surface area contributed by atoms with Gasteiger partial charge in [0, 0.05) is 17.2 Å². The molecule has 182 valence electrons. The Morgan fingerprint density at radius 2 is 1.94 bits per heavy atom. The third kappa shape index (κ3) is 5.74. The van der Waals surface area contributed by atoms with Crippen molar-refractivity contribution in [2.75, 3.05) is 6.61 Å². The van der Waals surface area contributed by atoms with Crippen LogP contribution in [0.15, 0.2) is 73.9 Å². The minimum absolute atomic E-state index is 0.0172. The molecule has 2 aromatic heterocycles. The van der Waals surface area contributed by atoms with E-state index in [2.05, 4.69) is 19.7 Å². The number of aliphatic hydroxyl groups is 2. The Hall–Kier alpha value is -4.00. The molecule has 0 aliphatic heterocycles. The Morgan fingerprint density at radius 3 is 2.60 bits per heavy atom. The van der Waals surface area contributed by atoms with E-state index >= 15 is 0 Å². The number of halogens is 2. The van der Waals surface area contributed by atoms with Gasteiger partial charge in [0.15, 0.2) is 11.6 Å². The summed E-state index contributed by atoms with van der Waals surface area (Å²) in [5, 5.41) is 22.9. The number of hydrogen-bond acceptors (Lipinski definition) is 8. The van der Waals surface area contributed by atoms with E-state index in [4.69, 9.17) is 21.4 Å². The van der Waals surface area contributed by atoms with E-state index in [1.807, 2.05) is 0 Å². The lowest BCUT2D eigenvalue weighted by Crippen LogP contribution is -2.51. The molecular weight excluding hydrogens is 485 g/mol. The van der Waals surface area contributed by atoms with Gasteiger partial charge in [-0.15, -0.1) is 0 Å². The topological polar surface area (TPSA) is 148 Å². The smallest absolute Gasteiger partial charge is 0.335 e. The summed E-state index contributed by atoms with van der Waals surface area (Å²) in [7, 11) is 0. The molecule has 0 unspecified atom stereocenters. The SMILES string of the molecule is O=c1[nH]/c(=N\c2ccc(Oc3ccon3)c(F)c2)n(Cc2ccc(Cl)cc2)c(=O)n1C[C@H](O)CO. The van der Waals surface area contributed by atoms with Crippen LogP contribution in [0, 0.1) is 5.82 Å². The first-order valence-electron chi connectivity index (χ1n) is 10.2. The fourth-order valence-corrected chi connectivity index (χ4v) is 3.24. The number of rotatable bonds is 8. The average Bonchev–Trinajstić information content (AvgIpc) is 3.35. The second-order valence-corrected chi connectivity index (χ2v) is 7.80. The van der Waals surface area contributed by atoms with Crippen molar-refractivity contribution in [1.82, 2.24) is 19.3 Å². The van der Waals surface area contributed by atoms with Gasteiger partial charge in [-0.1, -0.05) is 23.7 Å². The van der Waals surface area contributed by atoms with Gasteiger partial charge in [0.2, 0.25) is 5.62 Å². The normalized spacial score (nSPS) is 12.6. The summed E-state index contributed by atoms with van der Waals surface area (Å²) < 4.78 is 26.4. The van der Waals surface area contributed by atoms with Crippen LogP contribution in [-0.2, 0) is 13.1 Å². The number of aliphatic hydroxyl groups excluding tert-OH is 2. The second-order valence-electron chi connectivity index (χ2n) is 7.36. The van der Waals surface area contributed by atoms with E-state index in [-0.39, 0.29) is 29.5 Å². The van der Waals surface area contributed by atoms with Crippen LogP contribution < -0.4 is 21.7 Å². The third-order valence-corrected chi connectivity index (χ3v) is 5.07. The fraction of sp³-hybridized carbons (Fsp3) is 0.182.